The molecule has 0 unspecified atom stereocenters. The Hall–Kier alpha value is -2.07. The molecule has 0 atom stereocenters. The van der Waals surface area contributed by atoms with Crippen molar-refractivity contribution in [1.82, 2.24) is 4.98 Å². The Morgan fingerprint density at radius 1 is 1.28 bits per heavy atom. The number of pyridine rings is 1. The molecule has 92 valence electrons. The van der Waals surface area contributed by atoms with E-state index in [2.05, 4.69) is 4.98 Å². The molecule has 0 spiro atoms. The van der Waals surface area contributed by atoms with Gasteiger partial charge in [-0.15, -0.1) is 0 Å². The number of para-hydroxylation sites is 1. The van der Waals surface area contributed by atoms with E-state index >= 15 is 0 Å². The minimum absolute atomic E-state index is 0.106. The van der Waals surface area contributed by atoms with Gasteiger partial charge in [0, 0.05) is 17.3 Å². The molecule has 2 rings (SSSR count). The van der Waals surface area contributed by atoms with Crippen LogP contribution >= 0.6 is 11.6 Å². The van der Waals surface area contributed by atoms with E-state index in [9.17, 15) is 4.79 Å². The maximum atomic E-state index is 11.0. The third-order valence-corrected chi connectivity index (χ3v) is 2.87. The Morgan fingerprint density at radius 3 is 2.67 bits per heavy atom. The van der Waals surface area contributed by atoms with Gasteiger partial charge in [-0.25, -0.2) is 9.78 Å². The summed E-state index contributed by atoms with van der Waals surface area (Å²) in [4.78, 5) is 14.7. The van der Waals surface area contributed by atoms with Gasteiger partial charge >= 0.3 is 5.97 Å². The van der Waals surface area contributed by atoms with Gasteiger partial charge in [0.2, 0.25) is 0 Å². The quantitative estimate of drug-likeness (QED) is 0.924. The van der Waals surface area contributed by atoms with E-state index in [1.165, 1.54) is 6.20 Å². The van der Waals surface area contributed by atoms with Crippen molar-refractivity contribution in [2.75, 3.05) is 7.11 Å². The highest BCUT2D eigenvalue weighted by Gasteiger charge is 2.16. The third kappa shape index (κ3) is 2.15. The topological polar surface area (TPSA) is 59.4 Å². The molecule has 0 aliphatic rings. The summed E-state index contributed by atoms with van der Waals surface area (Å²) in [5, 5.41) is 9.09. The van der Waals surface area contributed by atoms with Crippen molar-refractivity contribution < 1.29 is 14.6 Å². The van der Waals surface area contributed by atoms with E-state index in [0.717, 1.165) is 5.56 Å². The lowest BCUT2D eigenvalue weighted by molar-refractivity contribution is 0.0691. The number of aromatic carboxylic acids is 1. The van der Waals surface area contributed by atoms with Crippen LogP contribution in [0.15, 0.2) is 36.5 Å². The lowest BCUT2D eigenvalue weighted by atomic mass is 10.0. The normalized spacial score (nSPS) is 10.1. The fourth-order valence-electron chi connectivity index (χ4n) is 1.67. The van der Waals surface area contributed by atoms with Gasteiger partial charge in [0.1, 0.15) is 5.75 Å². The van der Waals surface area contributed by atoms with Crippen LogP contribution in [0.3, 0.4) is 0 Å². The van der Waals surface area contributed by atoms with Crippen LogP contribution in [0.1, 0.15) is 10.5 Å². The average Bonchev–Trinajstić information content (AvgIpc) is 2.38. The SMILES string of the molecule is COc1ccccc1-c1ccnc(C(=O)O)c1Cl. The van der Waals surface area contributed by atoms with E-state index in [0.29, 0.717) is 11.3 Å². The third-order valence-electron chi connectivity index (χ3n) is 2.49. The summed E-state index contributed by atoms with van der Waals surface area (Å²) in [5.74, 6) is -0.529. The van der Waals surface area contributed by atoms with E-state index in [4.69, 9.17) is 21.4 Å². The molecular weight excluding hydrogens is 254 g/mol. The molecule has 0 aliphatic carbocycles. The summed E-state index contributed by atoms with van der Waals surface area (Å²) >= 11 is 6.07. The number of halogens is 1. The molecule has 1 N–H and O–H groups in total. The van der Waals surface area contributed by atoms with Crippen LogP contribution in [0.5, 0.6) is 5.75 Å². The number of ether oxygens (including phenoxy) is 1. The maximum Gasteiger partial charge on any atom is 0.356 e. The lowest BCUT2D eigenvalue weighted by Crippen LogP contribution is -2.02. The van der Waals surface area contributed by atoms with Gasteiger partial charge in [0.05, 0.1) is 12.1 Å². The fraction of sp³-hybridized carbons (Fsp3) is 0.0769. The van der Waals surface area contributed by atoms with Crippen LogP contribution in [0, 0.1) is 0 Å². The predicted octanol–water partition coefficient (Wildman–Crippen LogP) is 3.11. The highest BCUT2D eigenvalue weighted by Crippen LogP contribution is 2.35. The zero-order valence-electron chi connectivity index (χ0n) is 9.55. The number of rotatable bonds is 3. The van der Waals surface area contributed by atoms with Crippen LogP contribution in [0.4, 0.5) is 0 Å². The van der Waals surface area contributed by atoms with Crippen molar-refractivity contribution >= 4 is 17.6 Å². The highest BCUT2D eigenvalue weighted by molar-refractivity contribution is 6.36. The van der Waals surface area contributed by atoms with Crippen molar-refractivity contribution in [1.29, 1.82) is 0 Å². The van der Waals surface area contributed by atoms with Crippen LogP contribution in [-0.2, 0) is 0 Å². The Labute approximate surface area is 109 Å². The molecule has 0 radical (unpaired) electrons. The Bertz CT molecular complexity index is 599. The summed E-state index contributed by atoms with van der Waals surface area (Å²) < 4.78 is 5.23. The number of hydrogen-bond acceptors (Lipinski definition) is 3. The monoisotopic (exact) mass is 263 g/mol. The summed E-state index contributed by atoms with van der Waals surface area (Å²) in [5.41, 5.74) is 1.15. The molecule has 18 heavy (non-hydrogen) atoms. The summed E-state index contributed by atoms with van der Waals surface area (Å²) in [6, 6.07) is 8.91. The highest BCUT2D eigenvalue weighted by atomic mass is 35.5. The Morgan fingerprint density at radius 2 is 2.00 bits per heavy atom. The van der Waals surface area contributed by atoms with Gasteiger partial charge in [-0.3, -0.25) is 0 Å². The van der Waals surface area contributed by atoms with Crippen LogP contribution in [0.2, 0.25) is 5.02 Å². The molecule has 5 heteroatoms. The van der Waals surface area contributed by atoms with Gasteiger partial charge in [0.15, 0.2) is 5.69 Å². The van der Waals surface area contributed by atoms with E-state index in [-0.39, 0.29) is 10.7 Å². The first-order valence-electron chi connectivity index (χ1n) is 5.16. The molecule has 0 saturated heterocycles. The van der Waals surface area contributed by atoms with Crippen molar-refractivity contribution in [3.05, 3.63) is 47.2 Å². The zero-order valence-corrected chi connectivity index (χ0v) is 10.3. The van der Waals surface area contributed by atoms with Crippen molar-refractivity contribution in [3.8, 4) is 16.9 Å². The second kappa shape index (κ2) is 5.06. The van der Waals surface area contributed by atoms with Gasteiger partial charge < -0.3 is 9.84 Å². The summed E-state index contributed by atoms with van der Waals surface area (Å²) in [7, 11) is 1.55. The van der Waals surface area contributed by atoms with Crippen molar-refractivity contribution in [3.63, 3.8) is 0 Å². The number of nitrogens with zero attached hydrogens (tertiary/aromatic N) is 1. The lowest BCUT2D eigenvalue weighted by Gasteiger charge is -2.10. The molecule has 0 bridgehead atoms. The minimum atomic E-state index is -1.16. The van der Waals surface area contributed by atoms with E-state index in [1.807, 2.05) is 18.2 Å². The molecule has 0 aliphatic heterocycles. The Balaban J connectivity index is 2.64. The van der Waals surface area contributed by atoms with Crippen LogP contribution in [0.25, 0.3) is 11.1 Å². The summed E-state index contributed by atoms with van der Waals surface area (Å²) in [6.07, 6.45) is 1.41. The fourth-order valence-corrected chi connectivity index (χ4v) is 1.96. The largest absolute Gasteiger partial charge is 0.496 e. The second-order valence-corrected chi connectivity index (χ2v) is 3.90. The smallest absolute Gasteiger partial charge is 0.356 e. The Kier molecular flexibility index (Phi) is 3.48. The van der Waals surface area contributed by atoms with E-state index < -0.39 is 5.97 Å². The van der Waals surface area contributed by atoms with Crippen LogP contribution in [-0.4, -0.2) is 23.2 Å². The molecular formula is C13H10ClNO3. The molecule has 0 saturated carbocycles. The number of carboxylic acid groups (broad SMARTS) is 1. The number of aromatic nitrogens is 1. The standard InChI is InChI=1S/C13H10ClNO3/c1-18-10-5-3-2-4-8(10)9-6-7-15-12(11(9)14)13(16)17/h2-7H,1H3,(H,16,17). The van der Waals surface area contributed by atoms with E-state index in [1.54, 1.807) is 19.2 Å². The number of carbonyl (C=O) groups is 1. The molecule has 0 amide bonds. The number of hydrogen-bond donors (Lipinski definition) is 1. The molecule has 1 aromatic carbocycles. The van der Waals surface area contributed by atoms with Gasteiger partial charge in [-0.2, -0.15) is 0 Å². The number of carboxylic acids is 1. The average molecular weight is 264 g/mol. The van der Waals surface area contributed by atoms with Gasteiger partial charge in [-0.1, -0.05) is 29.8 Å². The molecule has 2 aromatic rings. The van der Waals surface area contributed by atoms with Crippen molar-refractivity contribution in [2.45, 2.75) is 0 Å². The first-order valence-corrected chi connectivity index (χ1v) is 5.54. The molecule has 0 fully saturated rings. The van der Waals surface area contributed by atoms with Gasteiger partial charge in [-0.05, 0) is 12.1 Å². The maximum absolute atomic E-state index is 11.0. The summed E-state index contributed by atoms with van der Waals surface area (Å²) in [6.45, 7) is 0. The molecule has 1 aromatic heterocycles. The first-order chi connectivity index (χ1) is 8.65. The first kappa shape index (κ1) is 12.4. The minimum Gasteiger partial charge on any atom is -0.496 e. The van der Waals surface area contributed by atoms with Crippen LogP contribution < -0.4 is 4.74 Å². The second-order valence-electron chi connectivity index (χ2n) is 3.53. The number of benzene rings is 1. The van der Waals surface area contributed by atoms with Gasteiger partial charge in [0.25, 0.3) is 0 Å². The number of methoxy groups -OCH3 is 1. The van der Waals surface area contributed by atoms with Crippen molar-refractivity contribution in [2.24, 2.45) is 0 Å². The molecule has 4 nitrogen and oxygen atoms in total. The zero-order chi connectivity index (χ0) is 13.1. The predicted molar refractivity (Wildman–Crippen MR) is 68.2 cm³/mol. The molecule has 1 heterocycles.